The summed E-state index contributed by atoms with van der Waals surface area (Å²) < 4.78 is 5.49. The molecule has 1 aliphatic carbocycles. The minimum Gasteiger partial charge on any atom is -0.411 e. The molecule has 0 amide bonds. The van der Waals surface area contributed by atoms with Crippen LogP contribution in [0.2, 0.25) is 0 Å². The first kappa shape index (κ1) is 18.5. The number of anilines is 1. The molecule has 26 heavy (non-hydrogen) atoms. The van der Waals surface area contributed by atoms with Gasteiger partial charge in [0.1, 0.15) is 0 Å². The summed E-state index contributed by atoms with van der Waals surface area (Å²) in [6.07, 6.45) is 5.76. The van der Waals surface area contributed by atoms with Crippen molar-refractivity contribution < 1.29 is 9.94 Å². The summed E-state index contributed by atoms with van der Waals surface area (Å²) in [5, 5.41) is 12.3. The molecule has 1 N–H and O–H groups in total. The maximum absolute atomic E-state index is 9.02. The Morgan fingerprint density at radius 3 is 2.42 bits per heavy atom. The van der Waals surface area contributed by atoms with E-state index < -0.39 is 0 Å². The van der Waals surface area contributed by atoms with Crippen LogP contribution in [0.3, 0.4) is 0 Å². The maximum Gasteiger partial charge on any atom is 0.0714 e. The molecule has 0 bridgehead atoms. The van der Waals surface area contributed by atoms with Crippen LogP contribution in [-0.2, 0) is 4.74 Å². The van der Waals surface area contributed by atoms with Gasteiger partial charge in [-0.1, -0.05) is 17.3 Å². The highest BCUT2D eigenvalue weighted by Crippen LogP contribution is 2.35. The lowest BCUT2D eigenvalue weighted by molar-refractivity contribution is 0.0548. The van der Waals surface area contributed by atoms with Crippen molar-refractivity contribution in [2.24, 2.45) is 5.16 Å². The fourth-order valence-electron chi connectivity index (χ4n) is 3.81. The number of benzene rings is 1. The number of ether oxygens (including phenoxy) is 1. The number of oxime groups is 1. The lowest BCUT2D eigenvalue weighted by Gasteiger charge is -2.31. The van der Waals surface area contributed by atoms with Gasteiger partial charge in [0.25, 0.3) is 0 Å². The third kappa shape index (κ3) is 4.10. The summed E-state index contributed by atoms with van der Waals surface area (Å²) in [6.45, 7) is 9.67. The van der Waals surface area contributed by atoms with Crippen LogP contribution in [0, 0.1) is 0 Å². The molecule has 0 unspecified atom stereocenters. The van der Waals surface area contributed by atoms with Crippen molar-refractivity contribution in [3.63, 3.8) is 0 Å². The van der Waals surface area contributed by atoms with Gasteiger partial charge in [-0.3, -0.25) is 0 Å². The molecule has 0 aromatic heterocycles. The monoisotopic (exact) mass is 355 g/mol. The van der Waals surface area contributed by atoms with Crippen LogP contribution < -0.4 is 4.90 Å². The van der Waals surface area contributed by atoms with E-state index in [0.29, 0.717) is 0 Å². The SMILES string of the molecule is CCN(CC)c1ccc(C=C2CCC(C=NO)=C2N2CCOCC2)cc1. The van der Waals surface area contributed by atoms with E-state index in [1.54, 1.807) is 6.21 Å². The molecule has 0 atom stereocenters. The molecular weight excluding hydrogens is 326 g/mol. The van der Waals surface area contributed by atoms with Gasteiger partial charge in [-0.15, -0.1) is 0 Å². The van der Waals surface area contributed by atoms with E-state index in [0.717, 1.165) is 57.8 Å². The second kappa shape index (κ2) is 8.90. The third-order valence-corrected chi connectivity index (χ3v) is 5.18. The van der Waals surface area contributed by atoms with E-state index in [1.165, 1.54) is 22.5 Å². The Morgan fingerprint density at radius 1 is 1.12 bits per heavy atom. The van der Waals surface area contributed by atoms with Gasteiger partial charge in [0.15, 0.2) is 0 Å². The second-order valence-electron chi connectivity index (χ2n) is 6.65. The normalized spacial score (nSPS) is 19.8. The Hall–Kier alpha value is -2.27. The van der Waals surface area contributed by atoms with Gasteiger partial charge in [-0.25, -0.2) is 0 Å². The first-order valence-electron chi connectivity index (χ1n) is 9.56. The standard InChI is InChI=1S/C21H29N3O2/c1-3-23(4-2)20-9-5-17(6-10-20)15-18-7-8-19(16-22-25)21(18)24-11-13-26-14-12-24/h5-6,9-10,15-16,25H,3-4,7-8,11-14H2,1-2H3. The molecule has 0 saturated carbocycles. The van der Waals surface area contributed by atoms with Gasteiger partial charge in [0.2, 0.25) is 0 Å². The van der Waals surface area contributed by atoms with Crippen LogP contribution in [0.1, 0.15) is 32.3 Å². The molecule has 5 heteroatoms. The molecule has 140 valence electrons. The first-order chi connectivity index (χ1) is 12.8. The highest BCUT2D eigenvalue weighted by atomic mass is 16.5. The Morgan fingerprint density at radius 2 is 1.81 bits per heavy atom. The largest absolute Gasteiger partial charge is 0.411 e. The molecule has 1 saturated heterocycles. The first-order valence-corrected chi connectivity index (χ1v) is 9.56. The van der Waals surface area contributed by atoms with Gasteiger partial charge >= 0.3 is 0 Å². The maximum atomic E-state index is 9.02. The minimum absolute atomic E-state index is 0.749. The number of hydrogen-bond donors (Lipinski definition) is 1. The number of morpholine rings is 1. The second-order valence-corrected chi connectivity index (χ2v) is 6.65. The Kier molecular flexibility index (Phi) is 6.34. The van der Waals surface area contributed by atoms with E-state index in [1.807, 2.05) is 0 Å². The third-order valence-electron chi connectivity index (χ3n) is 5.18. The minimum atomic E-state index is 0.749. The van der Waals surface area contributed by atoms with Gasteiger partial charge < -0.3 is 19.7 Å². The molecule has 5 nitrogen and oxygen atoms in total. The smallest absolute Gasteiger partial charge is 0.0714 e. The molecule has 0 spiro atoms. The summed E-state index contributed by atoms with van der Waals surface area (Å²) in [4.78, 5) is 4.71. The van der Waals surface area contributed by atoms with E-state index in [4.69, 9.17) is 9.94 Å². The van der Waals surface area contributed by atoms with Crippen molar-refractivity contribution >= 4 is 18.0 Å². The summed E-state index contributed by atoms with van der Waals surface area (Å²) in [5.41, 5.74) is 6.13. The lowest BCUT2D eigenvalue weighted by Crippen LogP contribution is -2.36. The average Bonchev–Trinajstić information content (AvgIpc) is 3.07. The van der Waals surface area contributed by atoms with E-state index >= 15 is 0 Å². The fourth-order valence-corrected chi connectivity index (χ4v) is 3.81. The predicted molar refractivity (Wildman–Crippen MR) is 107 cm³/mol. The number of hydrogen-bond acceptors (Lipinski definition) is 5. The molecule has 3 rings (SSSR count). The van der Waals surface area contributed by atoms with E-state index in [-0.39, 0.29) is 0 Å². The average molecular weight is 355 g/mol. The van der Waals surface area contributed by atoms with Gasteiger partial charge in [-0.05, 0) is 61.6 Å². The van der Waals surface area contributed by atoms with Crippen molar-refractivity contribution in [1.29, 1.82) is 0 Å². The zero-order valence-electron chi connectivity index (χ0n) is 15.8. The van der Waals surface area contributed by atoms with Crippen molar-refractivity contribution in [3.05, 3.63) is 46.7 Å². The summed E-state index contributed by atoms with van der Waals surface area (Å²) >= 11 is 0. The zero-order chi connectivity index (χ0) is 18.4. The summed E-state index contributed by atoms with van der Waals surface area (Å²) in [7, 11) is 0. The lowest BCUT2D eigenvalue weighted by atomic mass is 10.1. The Balaban J connectivity index is 1.86. The zero-order valence-corrected chi connectivity index (χ0v) is 15.8. The number of nitrogens with zero attached hydrogens (tertiary/aromatic N) is 3. The molecule has 1 heterocycles. The topological polar surface area (TPSA) is 48.3 Å². The highest BCUT2D eigenvalue weighted by molar-refractivity contribution is 5.83. The van der Waals surface area contributed by atoms with Crippen LogP contribution in [0.25, 0.3) is 6.08 Å². The highest BCUT2D eigenvalue weighted by Gasteiger charge is 2.25. The molecule has 0 radical (unpaired) electrons. The van der Waals surface area contributed by atoms with Gasteiger partial charge in [0.05, 0.1) is 19.4 Å². The number of rotatable bonds is 6. The molecule has 1 aliphatic heterocycles. The van der Waals surface area contributed by atoms with Gasteiger partial charge in [-0.2, -0.15) is 0 Å². The van der Waals surface area contributed by atoms with Crippen LogP contribution >= 0.6 is 0 Å². The van der Waals surface area contributed by atoms with Crippen molar-refractivity contribution in [3.8, 4) is 0 Å². The van der Waals surface area contributed by atoms with E-state index in [2.05, 4.69) is 59.1 Å². The summed E-state index contributed by atoms with van der Waals surface area (Å²) in [6, 6.07) is 8.77. The molecule has 1 fully saturated rings. The van der Waals surface area contributed by atoms with Crippen LogP contribution in [-0.4, -0.2) is 55.7 Å². The fraction of sp³-hybridized carbons (Fsp3) is 0.476. The van der Waals surface area contributed by atoms with Crippen LogP contribution in [0.4, 0.5) is 5.69 Å². The molecule has 1 aromatic carbocycles. The summed E-state index contributed by atoms with van der Waals surface area (Å²) in [5.74, 6) is 0. The predicted octanol–water partition coefficient (Wildman–Crippen LogP) is 3.76. The van der Waals surface area contributed by atoms with Crippen molar-refractivity contribution in [2.45, 2.75) is 26.7 Å². The van der Waals surface area contributed by atoms with Crippen molar-refractivity contribution in [2.75, 3.05) is 44.3 Å². The van der Waals surface area contributed by atoms with Crippen LogP contribution in [0.5, 0.6) is 0 Å². The molecular formula is C21H29N3O2. The quantitative estimate of drug-likeness (QED) is 0.480. The Labute approximate surface area is 156 Å². The molecule has 2 aliphatic rings. The van der Waals surface area contributed by atoms with Crippen LogP contribution in [0.15, 0.2) is 46.3 Å². The van der Waals surface area contributed by atoms with Gasteiger partial charge in [0, 0.05) is 37.6 Å². The molecule has 1 aromatic rings. The van der Waals surface area contributed by atoms with E-state index in [9.17, 15) is 0 Å². The van der Waals surface area contributed by atoms with Crippen molar-refractivity contribution in [1.82, 2.24) is 4.90 Å². The Bertz CT molecular complexity index is 682. The number of allylic oxidation sites excluding steroid dienone is 2.